The lowest BCUT2D eigenvalue weighted by molar-refractivity contribution is -0.137. The first kappa shape index (κ1) is 18.9. The number of amides is 1. The Morgan fingerprint density at radius 1 is 1.17 bits per heavy atom. The maximum Gasteiger partial charge on any atom is 0.416 e. The summed E-state index contributed by atoms with van der Waals surface area (Å²) in [6.07, 6.45) is -2.34. The van der Waals surface area contributed by atoms with E-state index in [0.29, 0.717) is 30.0 Å². The van der Waals surface area contributed by atoms with Crippen LogP contribution in [0.1, 0.15) is 24.8 Å². The summed E-state index contributed by atoms with van der Waals surface area (Å²) < 4.78 is 43.9. The minimum atomic E-state index is -4.40. The van der Waals surface area contributed by atoms with Gasteiger partial charge in [-0.1, -0.05) is 0 Å². The van der Waals surface area contributed by atoms with Crippen LogP contribution in [0.15, 0.2) is 47.0 Å². The van der Waals surface area contributed by atoms with Crippen LogP contribution in [0.2, 0.25) is 0 Å². The molecule has 7 nitrogen and oxygen atoms in total. The number of anilines is 2. The smallest absolute Gasteiger partial charge is 0.416 e. The molecule has 29 heavy (non-hydrogen) atoms. The molecule has 4 rings (SSSR count). The number of nitrogens with zero attached hydrogens (tertiary/aromatic N) is 3. The molecule has 1 fully saturated rings. The standard InChI is InChI=1S/C19H16F3N5O2/c1-18(8-10-24-16(18)28)17-27-26-15(29-17)14-13(3-2-9-23-14)25-12-6-4-11(5-7-12)19(20,21)22/h2-7,9,25H,8,10H2,1H3,(H,24,28). The summed E-state index contributed by atoms with van der Waals surface area (Å²) >= 11 is 0. The number of nitrogens with one attached hydrogen (secondary N) is 2. The molecule has 1 aliphatic rings. The second kappa shape index (κ2) is 6.87. The highest BCUT2D eigenvalue weighted by Crippen LogP contribution is 2.34. The summed E-state index contributed by atoms with van der Waals surface area (Å²) in [5.74, 6) is 0.112. The van der Waals surface area contributed by atoms with Crippen molar-refractivity contribution in [1.82, 2.24) is 20.5 Å². The highest BCUT2D eigenvalue weighted by Gasteiger charge is 2.44. The van der Waals surface area contributed by atoms with Gasteiger partial charge in [0.15, 0.2) is 5.69 Å². The molecule has 1 unspecified atom stereocenters. The largest absolute Gasteiger partial charge is 0.418 e. The van der Waals surface area contributed by atoms with Gasteiger partial charge in [-0.3, -0.25) is 4.79 Å². The predicted octanol–water partition coefficient (Wildman–Crippen LogP) is 3.67. The number of alkyl halides is 3. The topological polar surface area (TPSA) is 92.9 Å². The molecule has 3 heterocycles. The lowest BCUT2D eigenvalue weighted by Gasteiger charge is -2.14. The van der Waals surface area contributed by atoms with Gasteiger partial charge in [-0.25, -0.2) is 4.98 Å². The van der Waals surface area contributed by atoms with Crippen molar-refractivity contribution in [2.45, 2.75) is 24.9 Å². The zero-order valence-corrected chi connectivity index (χ0v) is 15.2. The molecule has 2 aromatic heterocycles. The first-order valence-corrected chi connectivity index (χ1v) is 8.79. The molecule has 1 aromatic carbocycles. The number of halogens is 3. The monoisotopic (exact) mass is 403 g/mol. The molecule has 3 aromatic rings. The Labute approximate surface area is 163 Å². The number of hydrogen-bond acceptors (Lipinski definition) is 6. The number of pyridine rings is 1. The molecule has 2 N–H and O–H groups in total. The Kier molecular flexibility index (Phi) is 4.48. The number of benzene rings is 1. The van der Waals surface area contributed by atoms with Crippen molar-refractivity contribution in [3.8, 4) is 11.6 Å². The van der Waals surface area contributed by atoms with E-state index in [1.54, 1.807) is 19.1 Å². The number of aromatic nitrogens is 3. The van der Waals surface area contributed by atoms with Crippen LogP contribution in [-0.4, -0.2) is 27.6 Å². The molecule has 1 aliphatic heterocycles. The summed E-state index contributed by atoms with van der Waals surface area (Å²) in [4.78, 5) is 16.3. The van der Waals surface area contributed by atoms with Gasteiger partial charge in [0.25, 0.3) is 5.89 Å². The second-order valence-corrected chi connectivity index (χ2v) is 6.85. The van der Waals surface area contributed by atoms with E-state index in [1.807, 2.05) is 0 Å². The third-order valence-electron chi connectivity index (χ3n) is 4.81. The average molecular weight is 403 g/mol. The van der Waals surface area contributed by atoms with E-state index in [1.165, 1.54) is 18.3 Å². The maximum absolute atomic E-state index is 12.7. The normalized spacial score (nSPS) is 19.2. The molecule has 1 amide bonds. The average Bonchev–Trinajstić information content (AvgIpc) is 3.30. The molecule has 0 spiro atoms. The van der Waals surface area contributed by atoms with Gasteiger partial charge in [0.05, 0.1) is 11.3 Å². The summed E-state index contributed by atoms with van der Waals surface area (Å²) in [7, 11) is 0. The molecule has 1 saturated heterocycles. The van der Waals surface area contributed by atoms with Gasteiger partial charge in [0, 0.05) is 18.4 Å². The molecule has 0 saturated carbocycles. The van der Waals surface area contributed by atoms with Crippen molar-refractivity contribution in [1.29, 1.82) is 0 Å². The van der Waals surface area contributed by atoms with Crippen LogP contribution < -0.4 is 10.6 Å². The minimum absolute atomic E-state index is 0.107. The zero-order chi connectivity index (χ0) is 20.6. The number of rotatable bonds is 4. The van der Waals surface area contributed by atoms with Gasteiger partial charge < -0.3 is 15.1 Å². The summed E-state index contributed by atoms with van der Waals surface area (Å²) in [6, 6.07) is 7.98. The zero-order valence-electron chi connectivity index (χ0n) is 15.2. The van der Waals surface area contributed by atoms with Crippen molar-refractivity contribution < 1.29 is 22.4 Å². The van der Waals surface area contributed by atoms with Crippen LogP contribution in [0.25, 0.3) is 11.6 Å². The van der Waals surface area contributed by atoms with E-state index >= 15 is 0 Å². The SMILES string of the molecule is CC1(c2nnc(-c3ncccc3Nc3ccc(C(F)(F)F)cc3)o2)CCNC1=O. The molecule has 1 atom stereocenters. The van der Waals surface area contributed by atoms with E-state index < -0.39 is 17.2 Å². The Bertz CT molecular complexity index is 1050. The summed E-state index contributed by atoms with van der Waals surface area (Å²) in [5.41, 5.74) is -0.397. The predicted molar refractivity (Wildman–Crippen MR) is 97.2 cm³/mol. The van der Waals surface area contributed by atoms with Crippen molar-refractivity contribution in [3.05, 3.63) is 54.0 Å². The highest BCUT2D eigenvalue weighted by molar-refractivity contribution is 5.88. The number of hydrogen-bond donors (Lipinski definition) is 2. The van der Waals surface area contributed by atoms with Gasteiger partial charge in [-0.05, 0) is 49.7 Å². The minimum Gasteiger partial charge on any atom is -0.418 e. The summed E-state index contributed by atoms with van der Waals surface area (Å²) in [6.45, 7) is 2.25. The van der Waals surface area contributed by atoms with Crippen LogP contribution in [0.3, 0.4) is 0 Å². The fourth-order valence-electron chi connectivity index (χ4n) is 3.06. The molecule has 10 heteroatoms. The van der Waals surface area contributed by atoms with Gasteiger partial charge in [0.2, 0.25) is 11.8 Å². The molecule has 150 valence electrons. The fraction of sp³-hybridized carbons (Fsp3) is 0.263. The lowest BCUT2D eigenvalue weighted by Crippen LogP contribution is -2.32. The van der Waals surface area contributed by atoms with Crippen molar-refractivity contribution >= 4 is 17.3 Å². The third kappa shape index (κ3) is 3.53. The number of carbonyl (C=O) groups excluding carboxylic acids is 1. The molecular formula is C19H16F3N5O2. The Hall–Kier alpha value is -3.43. The van der Waals surface area contributed by atoms with Crippen LogP contribution in [0.4, 0.5) is 24.5 Å². The third-order valence-corrected chi connectivity index (χ3v) is 4.81. The highest BCUT2D eigenvalue weighted by atomic mass is 19.4. The van der Waals surface area contributed by atoms with Gasteiger partial charge >= 0.3 is 6.18 Å². The van der Waals surface area contributed by atoms with E-state index in [4.69, 9.17) is 4.42 Å². The van der Waals surface area contributed by atoms with E-state index in [-0.39, 0.29) is 17.7 Å². The Morgan fingerprint density at radius 3 is 2.59 bits per heavy atom. The van der Waals surface area contributed by atoms with Crippen LogP contribution >= 0.6 is 0 Å². The molecular weight excluding hydrogens is 387 g/mol. The van der Waals surface area contributed by atoms with Gasteiger partial charge in [0.1, 0.15) is 5.41 Å². The Morgan fingerprint density at radius 2 is 1.93 bits per heavy atom. The van der Waals surface area contributed by atoms with Crippen molar-refractivity contribution in [2.24, 2.45) is 0 Å². The molecule has 0 bridgehead atoms. The lowest BCUT2D eigenvalue weighted by atomic mass is 9.89. The second-order valence-electron chi connectivity index (χ2n) is 6.85. The quantitative estimate of drug-likeness (QED) is 0.691. The van der Waals surface area contributed by atoms with Crippen LogP contribution in [-0.2, 0) is 16.4 Å². The van der Waals surface area contributed by atoms with E-state index in [9.17, 15) is 18.0 Å². The van der Waals surface area contributed by atoms with Gasteiger partial charge in [-0.2, -0.15) is 13.2 Å². The van der Waals surface area contributed by atoms with Crippen molar-refractivity contribution in [2.75, 3.05) is 11.9 Å². The molecule has 0 aliphatic carbocycles. The maximum atomic E-state index is 12.7. The first-order chi connectivity index (χ1) is 13.8. The van der Waals surface area contributed by atoms with E-state index in [0.717, 1.165) is 12.1 Å². The van der Waals surface area contributed by atoms with Crippen LogP contribution in [0, 0.1) is 0 Å². The van der Waals surface area contributed by atoms with Crippen LogP contribution in [0.5, 0.6) is 0 Å². The first-order valence-electron chi connectivity index (χ1n) is 8.79. The van der Waals surface area contributed by atoms with Gasteiger partial charge in [-0.15, -0.1) is 10.2 Å². The number of carbonyl (C=O) groups is 1. The Balaban J connectivity index is 1.62. The summed E-state index contributed by atoms with van der Waals surface area (Å²) in [5, 5.41) is 13.8. The van der Waals surface area contributed by atoms with Crippen molar-refractivity contribution in [3.63, 3.8) is 0 Å². The van der Waals surface area contributed by atoms with E-state index in [2.05, 4.69) is 25.8 Å². The molecule has 0 radical (unpaired) electrons. The fourth-order valence-corrected chi connectivity index (χ4v) is 3.06.